The van der Waals surface area contributed by atoms with Gasteiger partial charge in [0.15, 0.2) is 0 Å². The predicted molar refractivity (Wildman–Crippen MR) is 172 cm³/mol. The fourth-order valence-electron chi connectivity index (χ4n) is 15.9. The molecular weight excluding hydrogens is 528 g/mol. The summed E-state index contributed by atoms with van der Waals surface area (Å²) < 4.78 is 6.25. The summed E-state index contributed by atoms with van der Waals surface area (Å²) in [5.74, 6) is 3.60. The summed E-state index contributed by atoms with van der Waals surface area (Å²) in [6.45, 7) is 15.6. The lowest BCUT2D eigenvalue weighted by Gasteiger charge is -2.64. The molecule has 0 radical (unpaired) electrons. The zero-order valence-corrected chi connectivity index (χ0v) is 28.5. The first-order chi connectivity index (χ1) is 20.2. The Labute approximate surface area is 262 Å². The van der Waals surface area contributed by atoms with Crippen LogP contribution < -0.4 is 0 Å². The Hall–Kier alpha value is -0.830. The largest absolute Gasteiger partial charge is 0.459 e. The van der Waals surface area contributed by atoms with Crippen molar-refractivity contribution in [2.24, 2.45) is 68.0 Å². The summed E-state index contributed by atoms with van der Waals surface area (Å²) in [6, 6.07) is 0. The van der Waals surface area contributed by atoms with E-state index >= 15 is 0 Å². The van der Waals surface area contributed by atoms with E-state index in [0.29, 0.717) is 39.4 Å². The summed E-state index contributed by atoms with van der Waals surface area (Å²) >= 11 is 0. The highest BCUT2D eigenvalue weighted by Crippen LogP contribution is 2.74. The van der Waals surface area contributed by atoms with Crippen molar-refractivity contribution in [3.63, 3.8) is 0 Å². The molecule has 0 saturated heterocycles. The van der Waals surface area contributed by atoms with Gasteiger partial charge in [0, 0.05) is 5.57 Å². The fourth-order valence-corrected chi connectivity index (χ4v) is 15.9. The smallest absolute Gasteiger partial charge is 0.334 e. The molecule has 0 heterocycles. The standard InChI is InChI=1S/C40H62O3/c1-34(2)15-7-17-36(5)29(34)13-19-38-21-26(9-11-31(36)38)28(23-38)33(41)43-25-40(42)24-39-20-14-30-35(3,4)16-8-18-37(30,6)32(39)12-10-27(40)22-39/h23,26-27,29-32,42H,7-22,24-25H2,1-6H3. The SMILES string of the molecule is CC1(C)CCCC2(C)C1CCC13C=C(C(=O)OCC4(O)CC56CCC7C(C)(C)CCCC7(C)C5CCC4C6)C(CCC12)C3. The number of ether oxygens (including phenoxy) is 1. The highest BCUT2D eigenvalue weighted by atomic mass is 16.5. The van der Waals surface area contributed by atoms with Gasteiger partial charge in [-0.1, -0.05) is 60.5 Å². The quantitative estimate of drug-likeness (QED) is 0.333. The number of carbonyl (C=O) groups excluding carboxylic acids is 1. The minimum absolute atomic E-state index is 0.0904. The van der Waals surface area contributed by atoms with E-state index < -0.39 is 5.60 Å². The van der Waals surface area contributed by atoms with Gasteiger partial charge in [-0.05, 0) is 164 Å². The Morgan fingerprint density at radius 3 is 2.07 bits per heavy atom. The summed E-state index contributed by atoms with van der Waals surface area (Å²) in [5.41, 5.74) is 2.27. The van der Waals surface area contributed by atoms with Crippen LogP contribution in [-0.4, -0.2) is 23.3 Å². The second-order valence-electron chi connectivity index (χ2n) is 20.0. The van der Waals surface area contributed by atoms with Gasteiger partial charge in [-0.2, -0.15) is 0 Å². The highest BCUT2D eigenvalue weighted by molar-refractivity contribution is 5.90. The van der Waals surface area contributed by atoms with Crippen LogP contribution in [0.25, 0.3) is 0 Å². The molecule has 0 aliphatic heterocycles. The molecule has 4 bridgehead atoms. The van der Waals surface area contributed by atoms with Gasteiger partial charge in [0.05, 0.1) is 0 Å². The Morgan fingerprint density at radius 2 is 1.37 bits per heavy atom. The van der Waals surface area contributed by atoms with Gasteiger partial charge in [0.2, 0.25) is 0 Å². The maximum Gasteiger partial charge on any atom is 0.334 e. The number of aliphatic hydroxyl groups is 1. The second-order valence-corrected chi connectivity index (χ2v) is 20.0. The zero-order valence-electron chi connectivity index (χ0n) is 28.5. The Bertz CT molecular complexity index is 1210. The van der Waals surface area contributed by atoms with Gasteiger partial charge in [-0.25, -0.2) is 4.79 Å². The Balaban J connectivity index is 0.990. The summed E-state index contributed by atoms with van der Waals surface area (Å²) in [7, 11) is 0. The highest BCUT2D eigenvalue weighted by Gasteiger charge is 2.68. The van der Waals surface area contributed by atoms with Crippen LogP contribution >= 0.6 is 0 Å². The Kier molecular flexibility index (Phi) is 6.30. The maximum atomic E-state index is 13.9. The predicted octanol–water partition coefficient (Wildman–Crippen LogP) is 9.66. The molecule has 8 aliphatic rings. The summed E-state index contributed by atoms with van der Waals surface area (Å²) in [4.78, 5) is 13.9. The third-order valence-corrected chi connectivity index (χ3v) is 17.3. The molecule has 7 saturated carbocycles. The average Bonchev–Trinajstić information content (AvgIpc) is 3.31. The third-order valence-electron chi connectivity index (χ3n) is 17.3. The normalized spacial score (nSPS) is 54.0. The first-order valence-corrected chi connectivity index (χ1v) is 18.8. The molecule has 8 aliphatic carbocycles. The van der Waals surface area contributed by atoms with Crippen LogP contribution in [0.2, 0.25) is 0 Å². The van der Waals surface area contributed by atoms with Crippen LogP contribution in [0.4, 0.5) is 0 Å². The van der Waals surface area contributed by atoms with Gasteiger partial charge >= 0.3 is 5.97 Å². The monoisotopic (exact) mass is 590 g/mol. The number of allylic oxidation sites excluding steroid dienone is 1. The van der Waals surface area contributed by atoms with E-state index in [0.717, 1.165) is 43.1 Å². The summed E-state index contributed by atoms with van der Waals surface area (Å²) in [5, 5.41) is 12.3. The lowest BCUT2D eigenvalue weighted by molar-refractivity contribution is -0.152. The molecule has 7 fully saturated rings. The molecule has 2 spiro atoms. The van der Waals surface area contributed by atoms with Crippen molar-refractivity contribution in [3.05, 3.63) is 11.6 Å². The number of hydrogen-bond donors (Lipinski definition) is 1. The van der Waals surface area contributed by atoms with Crippen molar-refractivity contribution in [1.82, 2.24) is 0 Å². The van der Waals surface area contributed by atoms with Gasteiger partial charge in [0.1, 0.15) is 12.2 Å². The molecule has 3 heteroatoms. The van der Waals surface area contributed by atoms with E-state index in [2.05, 4.69) is 47.6 Å². The molecule has 3 nitrogen and oxygen atoms in total. The molecular formula is C40H62O3. The Morgan fingerprint density at radius 1 is 0.744 bits per heavy atom. The molecule has 1 N–H and O–H groups in total. The molecule has 240 valence electrons. The lowest BCUT2D eigenvalue weighted by atomic mass is 9.41. The lowest BCUT2D eigenvalue weighted by Crippen LogP contribution is -2.55. The minimum atomic E-state index is -0.841. The van der Waals surface area contributed by atoms with Crippen LogP contribution in [-0.2, 0) is 9.53 Å². The average molecular weight is 591 g/mol. The second kappa shape index (κ2) is 9.16. The molecule has 0 aromatic carbocycles. The van der Waals surface area contributed by atoms with Crippen molar-refractivity contribution in [1.29, 1.82) is 0 Å². The number of esters is 1. The zero-order chi connectivity index (χ0) is 30.3. The number of hydrogen-bond acceptors (Lipinski definition) is 3. The molecule has 0 aromatic heterocycles. The van der Waals surface area contributed by atoms with Crippen LogP contribution in [0.5, 0.6) is 0 Å². The number of rotatable bonds is 3. The fraction of sp³-hybridized carbons (Fsp3) is 0.925. The van der Waals surface area contributed by atoms with Gasteiger partial charge in [-0.3, -0.25) is 0 Å². The van der Waals surface area contributed by atoms with Crippen LogP contribution in [0.15, 0.2) is 11.6 Å². The molecule has 8 rings (SSSR count). The van der Waals surface area contributed by atoms with E-state index in [1.54, 1.807) is 0 Å². The van der Waals surface area contributed by atoms with Crippen molar-refractivity contribution in [2.45, 2.75) is 156 Å². The first-order valence-electron chi connectivity index (χ1n) is 18.8. The molecule has 0 amide bonds. The van der Waals surface area contributed by atoms with E-state index in [9.17, 15) is 9.90 Å². The summed E-state index contributed by atoms with van der Waals surface area (Å²) in [6.07, 6.45) is 23.7. The number of fused-ring (bicyclic) bond motifs is 6. The topological polar surface area (TPSA) is 46.5 Å². The number of carbonyl (C=O) groups is 1. The third kappa shape index (κ3) is 3.97. The van der Waals surface area contributed by atoms with Gasteiger partial charge in [-0.15, -0.1) is 0 Å². The maximum absolute atomic E-state index is 13.9. The van der Waals surface area contributed by atoms with Gasteiger partial charge in [0.25, 0.3) is 0 Å². The molecule has 11 unspecified atom stereocenters. The van der Waals surface area contributed by atoms with E-state index in [1.807, 2.05) is 0 Å². The minimum Gasteiger partial charge on any atom is -0.459 e. The van der Waals surface area contributed by atoms with Crippen molar-refractivity contribution < 1.29 is 14.6 Å². The van der Waals surface area contributed by atoms with Crippen molar-refractivity contribution in [2.75, 3.05) is 6.61 Å². The van der Waals surface area contributed by atoms with Crippen LogP contribution in [0.3, 0.4) is 0 Å². The van der Waals surface area contributed by atoms with E-state index in [-0.39, 0.29) is 29.3 Å². The van der Waals surface area contributed by atoms with E-state index in [4.69, 9.17) is 4.74 Å². The molecule has 43 heavy (non-hydrogen) atoms. The molecule has 0 aromatic rings. The van der Waals surface area contributed by atoms with Gasteiger partial charge < -0.3 is 9.84 Å². The van der Waals surface area contributed by atoms with Crippen LogP contribution in [0.1, 0.15) is 151 Å². The van der Waals surface area contributed by atoms with Crippen molar-refractivity contribution >= 4 is 5.97 Å². The first kappa shape index (κ1) is 29.6. The van der Waals surface area contributed by atoms with Crippen molar-refractivity contribution in [3.8, 4) is 0 Å². The van der Waals surface area contributed by atoms with E-state index in [1.165, 1.54) is 83.5 Å². The van der Waals surface area contributed by atoms with Crippen LogP contribution in [0, 0.1) is 68.0 Å². The molecule has 11 atom stereocenters.